The van der Waals surface area contributed by atoms with Gasteiger partial charge in [0.25, 0.3) is 0 Å². The van der Waals surface area contributed by atoms with Crippen LogP contribution in [0.1, 0.15) is 5.56 Å². The molecule has 0 saturated carbocycles. The lowest BCUT2D eigenvalue weighted by atomic mass is 10.2. The third-order valence-corrected chi connectivity index (χ3v) is 2.70. The van der Waals surface area contributed by atoms with Gasteiger partial charge in [0.1, 0.15) is 0 Å². The molecule has 1 rings (SSSR count). The van der Waals surface area contributed by atoms with Gasteiger partial charge in [-0.1, -0.05) is 17.7 Å². The Labute approximate surface area is 102 Å². The zero-order valence-corrected chi connectivity index (χ0v) is 10.8. The highest BCUT2D eigenvalue weighted by atomic mass is 35.5. The van der Waals surface area contributed by atoms with E-state index in [2.05, 4.69) is 17.4 Å². The predicted octanol–water partition coefficient (Wildman–Crippen LogP) is 2.14. The van der Waals surface area contributed by atoms with Crippen LogP contribution in [0.3, 0.4) is 0 Å². The number of methoxy groups -OCH3 is 1. The van der Waals surface area contributed by atoms with Crippen molar-refractivity contribution in [1.82, 2.24) is 5.32 Å². The summed E-state index contributed by atoms with van der Waals surface area (Å²) in [7, 11) is 5.70. The lowest BCUT2D eigenvalue weighted by Crippen LogP contribution is -2.18. The van der Waals surface area contributed by atoms with E-state index in [1.807, 2.05) is 25.1 Å². The molecule has 16 heavy (non-hydrogen) atoms. The Morgan fingerprint density at radius 3 is 2.69 bits per heavy atom. The van der Waals surface area contributed by atoms with Crippen LogP contribution in [0.5, 0.6) is 0 Å². The summed E-state index contributed by atoms with van der Waals surface area (Å²) in [6.07, 6.45) is 0. The van der Waals surface area contributed by atoms with Crippen LogP contribution in [0.25, 0.3) is 0 Å². The molecule has 3 nitrogen and oxygen atoms in total. The van der Waals surface area contributed by atoms with E-state index in [-0.39, 0.29) is 0 Å². The van der Waals surface area contributed by atoms with Gasteiger partial charge < -0.3 is 15.0 Å². The summed E-state index contributed by atoms with van der Waals surface area (Å²) in [5, 5.41) is 4.07. The Bertz CT molecular complexity index is 329. The minimum absolute atomic E-state index is 0.716. The number of nitrogens with one attached hydrogen (secondary N) is 1. The number of hydrogen-bond donors (Lipinski definition) is 1. The molecule has 90 valence electrons. The molecular weight excluding hydrogens is 224 g/mol. The molecule has 0 aromatic heterocycles. The van der Waals surface area contributed by atoms with Crippen LogP contribution < -0.4 is 10.2 Å². The first-order chi connectivity index (χ1) is 7.65. The highest BCUT2D eigenvalue weighted by molar-refractivity contribution is 6.31. The Hall–Kier alpha value is -0.770. The second-order valence-electron chi connectivity index (χ2n) is 3.84. The van der Waals surface area contributed by atoms with Gasteiger partial charge in [-0.05, 0) is 17.7 Å². The van der Waals surface area contributed by atoms with Gasteiger partial charge >= 0.3 is 0 Å². The van der Waals surface area contributed by atoms with Crippen molar-refractivity contribution in [2.24, 2.45) is 0 Å². The summed E-state index contributed by atoms with van der Waals surface area (Å²) in [5.74, 6) is 0. The summed E-state index contributed by atoms with van der Waals surface area (Å²) in [6.45, 7) is 2.32. The highest BCUT2D eigenvalue weighted by Gasteiger charge is 2.02. The van der Waals surface area contributed by atoms with Gasteiger partial charge in [0, 0.05) is 45.0 Å². The van der Waals surface area contributed by atoms with E-state index in [1.54, 1.807) is 7.11 Å². The second-order valence-corrected chi connectivity index (χ2v) is 4.25. The third kappa shape index (κ3) is 4.00. The van der Waals surface area contributed by atoms with Crippen molar-refractivity contribution in [2.45, 2.75) is 6.54 Å². The summed E-state index contributed by atoms with van der Waals surface area (Å²) in [6, 6.07) is 6.10. The number of benzene rings is 1. The third-order valence-electron chi connectivity index (χ3n) is 2.35. The Kier molecular flexibility index (Phi) is 5.60. The summed E-state index contributed by atoms with van der Waals surface area (Å²) < 4.78 is 4.96. The second kappa shape index (κ2) is 6.74. The Balaban J connectivity index is 2.54. The fraction of sp³-hybridized carbons (Fsp3) is 0.500. The van der Waals surface area contributed by atoms with Crippen molar-refractivity contribution in [1.29, 1.82) is 0 Å². The van der Waals surface area contributed by atoms with E-state index in [0.29, 0.717) is 6.61 Å². The molecule has 0 fully saturated rings. The van der Waals surface area contributed by atoms with Crippen molar-refractivity contribution in [3.63, 3.8) is 0 Å². The monoisotopic (exact) mass is 242 g/mol. The van der Waals surface area contributed by atoms with Crippen LogP contribution in [0.15, 0.2) is 18.2 Å². The highest BCUT2D eigenvalue weighted by Crippen LogP contribution is 2.22. The predicted molar refractivity (Wildman–Crippen MR) is 69.4 cm³/mol. The number of halogens is 1. The van der Waals surface area contributed by atoms with Crippen LogP contribution in [0.4, 0.5) is 5.69 Å². The SMILES string of the molecule is COCCNCc1ccc(N(C)C)cc1Cl. The molecule has 0 aliphatic carbocycles. The molecular formula is C12H19ClN2O. The van der Waals surface area contributed by atoms with Gasteiger partial charge in [0.05, 0.1) is 6.61 Å². The number of ether oxygens (including phenoxy) is 1. The van der Waals surface area contributed by atoms with Gasteiger partial charge in [0.2, 0.25) is 0 Å². The molecule has 0 aliphatic rings. The molecule has 4 heteroatoms. The molecule has 1 aromatic rings. The zero-order chi connectivity index (χ0) is 12.0. The molecule has 0 spiro atoms. The number of rotatable bonds is 6. The van der Waals surface area contributed by atoms with Crippen molar-refractivity contribution in [3.05, 3.63) is 28.8 Å². The molecule has 1 aromatic carbocycles. The molecule has 0 radical (unpaired) electrons. The van der Waals surface area contributed by atoms with Gasteiger partial charge in [-0.15, -0.1) is 0 Å². The standard InChI is InChI=1S/C12H19ClN2O/c1-15(2)11-5-4-10(12(13)8-11)9-14-6-7-16-3/h4-5,8,14H,6-7,9H2,1-3H3. The topological polar surface area (TPSA) is 24.5 Å². The van der Waals surface area contributed by atoms with E-state index in [9.17, 15) is 0 Å². The van der Waals surface area contributed by atoms with Crippen molar-refractivity contribution < 1.29 is 4.74 Å². The molecule has 0 aliphatic heterocycles. The zero-order valence-electron chi connectivity index (χ0n) is 10.1. The van der Waals surface area contributed by atoms with Crippen LogP contribution in [-0.4, -0.2) is 34.4 Å². The van der Waals surface area contributed by atoms with Crippen LogP contribution in [0, 0.1) is 0 Å². The van der Waals surface area contributed by atoms with Crippen molar-refractivity contribution >= 4 is 17.3 Å². The van der Waals surface area contributed by atoms with Crippen LogP contribution in [0.2, 0.25) is 5.02 Å². The number of hydrogen-bond acceptors (Lipinski definition) is 3. The quantitative estimate of drug-likeness (QED) is 0.774. The molecule has 0 amide bonds. The molecule has 0 bridgehead atoms. The maximum atomic E-state index is 6.19. The largest absolute Gasteiger partial charge is 0.383 e. The average Bonchev–Trinajstić information content (AvgIpc) is 2.26. The molecule has 0 atom stereocenters. The first kappa shape index (κ1) is 13.3. The maximum Gasteiger partial charge on any atom is 0.0587 e. The summed E-state index contributed by atoms with van der Waals surface area (Å²) in [4.78, 5) is 2.04. The molecule has 0 unspecified atom stereocenters. The Morgan fingerprint density at radius 2 is 2.12 bits per heavy atom. The van der Waals surface area contributed by atoms with Crippen molar-refractivity contribution in [3.8, 4) is 0 Å². The van der Waals surface area contributed by atoms with Crippen molar-refractivity contribution in [2.75, 3.05) is 39.3 Å². The van der Waals surface area contributed by atoms with E-state index in [1.165, 1.54) is 0 Å². The van der Waals surface area contributed by atoms with E-state index in [4.69, 9.17) is 16.3 Å². The minimum atomic E-state index is 0.716. The normalized spacial score (nSPS) is 10.5. The van der Waals surface area contributed by atoms with Crippen LogP contribution >= 0.6 is 11.6 Å². The lowest BCUT2D eigenvalue weighted by Gasteiger charge is -2.14. The van der Waals surface area contributed by atoms with E-state index < -0.39 is 0 Å². The first-order valence-corrected chi connectivity index (χ1v) is 5.68. The summed E-state index contributed by atoms with van der Waals surface area (Å²) in [5.41, 5.74) is 2.23. The minimum Gasteiger partial charge on any atom is -0.383 e. The summed E-state index contributed by atoms with van der Waals surface area (Å²) >= 11 is 6.19. The maximum absolute atomic E-state index is 6.19. The Morgan fingerprint density at radius 1 is 1.38 bits per heavy atom. The fourth-order valence-electron chi connectivity index (χ4n) is 1.36. The van der Waals surface area contributed by atoms with E-state index in [0.717, 1.165) is 29.4 Å². The van der Waals surface area contributed by atoms with Gasteiger partial charge in [-0.25, -0.2) is 0 Å². The first-order valence-electron chi connectivity index (χ1n) is 5.30. The smallest absolute Gasteiger partial charge is 0.0587 e. The molecule has 0 heterocycles. The lowest BCUT2D eigenvalue weighted by molar-refractivity contribution is 0.199. The molecule has 0 saturated heterocycles. The van der Waals surface area contributed by atoms with Crippen LogP contribution in [-0.2, 0) is 11.3 Å². The number of anilines is 1. The van der Waals surface area contributed by atoms with Gasteiger partial charge in [-0.2, -0.15) is 0 Å². The fourth-order valence-corrected chi connectivity index (χ4v) is 1.60. The van der Waals surface area contributed by atoms with Gasteiger partial charge in [0.15, 0.2) is 0 Å². The molecule has 1 N–H and O–H groups in total. The number of nitrogens with zero attached hydrogens (tertiary/aromatic N) is 1. The van der Waals surface area contributed by atoms with E-state index >= 15 is 0 Å². The van der Waals surface area contributed by atoms with Gasteiger partial charge in [-0.3, -0.25) is 0 Å². The average molecular weight is 243 g/mol.